The van der Waals surface area contributed by atoms with E-state index in [9.17, 15) is 4.39 Å². The number of rotatable bonds is 4. The van der Waals surface area contributed by atoms with Gasteiger partial charge in [-0.1, -0.05) is 0 Å². The maximum Gasteiger partial charge on any atom is 0.142 e. The molecule has 0 aliphatic heterocycles. The van der Waals surface area contributed by atoms with Gasteiger partial charge in [-0.15, -0.1) is 0 Å². The smallest absolute Gasteiger partial charge is 0.142 e. The molecule has 0 atom stereocenters. The molecule has 1 heterocycles. The molecule has 0 amide bonds. The molecule has 4 heteroatoms. The Balaban J connectivity index is 2.32. The molecule has 1 N–H and O–H groups in total. The Morgan fingerprint density at radius 2 is 2.33 bits per heavy atom. The van der Waals surface area contributed by atoms with Gasteiger partial charge in [0.15, 0.2) is 0 Å². The Kier molecular flexibility index (Phi) is 2.86. The number of aliphatic hydroxyl groups is 1. The van der Waals surface area contributed by atoms with Gasteiger partial charge < -0.3 is 10.0 Å². The molecule has 3 nitrogen and oxygen atoms in total. The number of aromatic nitrogens is 1. The van der Waals surface area contributed by atoms with Crippen LogP contribution >= 0.6 is 0 Å². The van der Waals surface area contributed by atoms with Crippen molar-refractivity contribution in [1.29, 1.82) is 0 Å². The Labute approximate surface area is 88.6 Å². The molecule has 0 unspecified atom stereocenters. The highest BCUT2D eigenvalue weighted by molar-refractivity contribution is 5.48. The lowest BCUT2D eigenvalue weighted by atomic mass is 10.2. The minimum Gasteiger partial charge on any atom is -0.392 e. The first-order valence-electron chi connectivity index (χ1n) is 5.28. The lowest BCUT2D eigenvalue weighted by Crippen LogP contribution is -2.27. The number of halogens is 1. The summed E-state index contributed by atoms with van der Waals surface area (Å²) in [4.78, 5) is 6.20. The highest BCUT2D eigenvalue weighted by atomic mass is 19.1. The molecule has 0 bridgehead atoms. The van der Waals surface area contributed by atoms with Crippen LogP contribution in [0, 0.1) is 5.82 Å². The molecule has 1 aliphatic rings. The van der Waals surface area contributed by atoms with E-state index in [0.29, 0.717) is 11.6 Å². The molecular weight excluding hydrogens is 195 g/mol. The number of aliphatic hydroxyl groups excluding tert-OH is 1. The number of nitrogens with zero attached hydrogens (tertiary/aromatic N) is 2. The summed E-state index contributed by atoms with van der Waals surface area (Å²) in [6.07, 6.45) is 3.54. The first-order chi connectivity index (χ1) is 7.26. The SMILES string of the molecule is CCN(c1ncc(F)cc1CO)C1CC1. The monoisotopic (exact) mass is 210 g/mol. The summed E-state index contributed by atoms with van der Waals surface area (Å²) in [5, 5.41) is 9.16. The van der Waals surface area contributed by atoms with Gasteiger partial charge in [-0.25, -0.2) is 9.37 Å². The van der Waals surface area contributed by atoms with E-state index in [1.165, 1.54) is 12.3 Å². The third-order valence-electron chi connectivity index (χ3n) is 2.68. The van der Waals surface area contributed by atoms with Crippen LogP contribution in [0.3, 0.4) is 0 Å². The Bertz CT molecular complexity index is 352. The van der Waals surface area contributed by atoms with E-state index in [-0.39, 0.29) is 6.61 Å². The fraction of sp³-hybridized carbons (Fsp3) is 0.545. The summed E-state index contributed by atoms with van der Waals surface area (Å²) < 4.78 is 12.9. The third kappa shape index (κ3) is 2.09. The predicted octanol–water partition coefficient (Wildman–Crippen LogP) is 1.70. The summed E-state index contributed by atoms with van der Waals surface area (Å²) in [5.41, 5.74) is 0.573. The summed E-state index contributed by atoms with van der Waals surface area (Å²) in [7, 11) is 0. The average molecular weight is 210 g/mol. The van der Waals surface area contributed by atoms with Gasteiger partial charge >= 0.3 is 0 Å². The fourth-order valence-corrected chi connectivity index (χ4v) is 1.82. The molecule has 1 fully saturated rings. The van der Waals surface area contributed by atoms with Crippen LogP contribution in [0.5, 0.6) is 0 Å². The normalized spacial score (nSPS) is 15.4. The van der Waals surface area contributed by atoms with Crippen molar-refractivity contribution in [2.75, 3.05) is 11.4 Å². The molecule has 2 rings (SSSR count). The molecule has 1 aromatic heterocycles. The van der Waals surface area contributed by atoms with Crippen molar-refractivity contribution in [1.82, 2.24) is 4.98 Å². The number of hydrogen-bond donors (Lipinski definition) is 1. The van der Waals surface area contributed by atoms with Crippen LogP contribution < -0.4 is 4.90 Å². The van der Waals surface area contributed by atoms with Gasteiger partial charge in [0.05, 0.1) is 12.8 Å². The Hall–Kier alpha value is -1.16. The van der Waals surface area contributed by atoms with Gasteiger partial charge in [0.1, 0.15) is 11.6 Å². The first-order valence-corrected chi connectivity index (χ1v) is 5.28. The van der Waals surface area contributed by atoms with Crippen molar-refractivity contribution in [3.05, 3.63) is 23.6 Å². The highest BCUT2D eigenvalue weighted by Crippen LogP contribution is 2.32. The lowest BCUT2D eigenvalue weighted by Gasteiger charge is -2.23. The van der Waals surface area contributed by atoms with Crippen LogP contribution in [0.4, 0.5) is 10.2 Å². The summed E-state index contributed by atoms with van der Waals surface area (Å²) in [5.74, 6) is 0.332. The van der Waals surface area contributed by atoms with Gasteiger partial charge in [0.25, 0.3) is 0 Å². The summed E-state index contributed by atoms with van der Waals surface area (Å²) in [6.45, 7) is 2.73. The zero-order valence-corrected chi connectivity index (χ0v) is 8.78. The van der Waals surface area contributed by atoms with Crippen LogP contribution in [0.1, 0.15) is 25.3 Å². The standard InChI is InChI=1S/C11H15FN2O/c1-2-14(10-3-4-10)11-8(7-15)5-9(12)6-13-11/h5-6,10,15H,2-4,7H2,1H3. The maximum atomic E-state index is 12.9. The van der Waals surface area contributed by atoms with Gasteiger partial charge in [-0.3, -0.25) is 0 Å². The molecule has 82 valence electrons. The maximum absolute atomic E-state index is 12.9. The molecule has 0 spiro atoms. The van der Waals surface area contributed by atoms with E-state index in [2.05, 4.69) is 9.88 Å². The number of pyridine rings is 1. The minimum atomic E-state index is -0.394. The topological polar surface area (TPSA) is 36.4 Å². The molecule has 1 aromatic rings. The zero-order valence-electron chi connectivity index (χ0n) is 8.78. The fourth-order valence-electron chi connectivity index (χ4n) is 1.82. The summed E-state index contributed by atoms with van der Waals surface area (Å²) in [6, 6.07) is 1.88. The van der Waals surface area contributed by atoms with Crippen molar-refractivity contribution < 1.29 is 9.50 Å². The molecule has 1 saturated carbocycles. The van der Waals surface area contributed by atoms with Crippen LogP contribution in [-0.2, 0) is 6.61 Å². The minimum absolute atomic E-state index is 0.163. The van der Waals surface area contributed by atoms with Gasteiger partial charge in [0.2, 0.25) is 0 Å². The van der Waals surface area contributed by atoms with Crippen molar-refractivity contribution in [3.8, 4) is 0 Å². The van der Waals surface area contributed by atoms with Crippen molar-refractivity contribution in [3.63, 3.8) is 0 Å². The second-order valence-electron chi connectivity index (χ2n) is 3.81. The molecule has 0 saturated heterocycles. The van der Waals surface area contributed by atoms with Crippen molar-refractivity contribution >= 4 is 5.82 Å². The highest BCUT2D eigenvalue weighted by Gasteiger charge is 2.30. The van der Waals surface area contributed by atoms with E-state index in [1.807, 2.05) is 6.92 Å². The Morgan fingerprint density at radius 3 is 2.87 bits per heavy atom. The third-order valence-corrected chi connectivity index (χ3v) is 2.68. The average Bonchev–Trinajstić information content (AvgIpc) is 3.05. The largest absolute Gasteiger partial charge is 0.392 e. The van der Waals surface area contributed by atoms with E-state index >= 15 is 0 Å². The van der Waals surface area contributed by atoms with E-state index < -0.39 is 5.82 Å². The van der Waals surface area contributed by atoms with Crippen molar-refractivity contribution in [2.45, 2.75) is 32.4 Å². The molecule has 15 heavy (non-hydrogen) atoms. The van der Waals surface area contributed by atoms with Crippen molar-refractivity contribution in [2.24, 2.45) is 0 Å². The molecule has 1 aliphatic carbocycles. The van der Waals surface area contributed by atoms with E-state index in [0.717, 1.165) is 25.2 Å². The first kappa shape index (κ1) is 10.4. The quantitative estimate of drug-likeness (QED) is 0.821. The van der Waals surface area contributed by atoms with Crippen LogP contribution in [0.15, 0.2) is 12.3 Å². The Morgan fingerprint density at radius 1 is 1.60 bits per heavy atom. The lowest BCUT2D eigenvalue weighted by molar-refractivity contribution is 0.281. The van der Waals surface area contributed by atoms with Gasteiger partial charge in [-0.05, 0) is 25.8 Å². The van der Waals surface area contributed by atoms with Crippen LogP contribution in [0.25, 0.3) is 0 Å². The summed E-state index contributed by atoms with van der Waals surface area (Å²) >= 11 is 0. The predicted molar refractivity (Wildman–Crippen MR) is 56.2 cm³/mol. The van der Waals surface area contributed by atoms with Crippen LogP contribution in [0.2, 0.25) is 0 Å². The van der Waals surface area contributed by atoms with Gasteiger partial charge in [0, 0.05) is 18.2 Å². The van der Waals surface area contributed by atoms with E-state index in [4.69, 9.17) is 5.11 Å². The zero-order chi connectivity index (χ0) is 10.8. The molecular formula is C11H15FN2O. The number of hydrogen-bond acceptors (Lipinski definition) is 3. The number of anilines is 1. The second-order valence-corrected chi connectivity index (χ2v) is 3.81. The molecule has 0 radical (unpaired) electrons. The second kappa shape index (κ2) is 4.14. The molecule has 0 aromatic carbocycles. The van der Waals surface area contributed by atoms with Crippen LogP contribution in [-0.4, -0.2) is 22.7 Å². The van der Waals surface area contributed by atoms with Gasteiger partial charge in [-0.2, -0.15) is 0 Å². The van der Waals surface area contributed by atoms with E-state index in [1.54, 1.807) is 0 Å².